The zero-order chi connectivity index (χ0) is 14.9. The molecular weight excluding hydrogens is 246 g/mol. The van der Waals surface area contributed by atoms with Gasteiger partial charge in [-0.1, -0.05) is 23.8 Å². The molecule has 2 heteroatoms. The first-order valence-electron chi connectivity index (χ1n) is 6.92. The van der Waals surface area contributed by atoms with Crippen LogP contribution in [0.4, 0.5) is 0 Å². The maximum atomic E-state index is 6.52. The van der Waals surface area contributed by atoms with Crippen molar-refractivity contribution >= 4 is 0 Å². The molecule has 2 aromatic carbocycles. The summed E-state index contributed by atoms with van der Waals surface area (Å²) in [5, 5.41) is 0. The molecule has 2 nitrogen and oxygen atoms in total. The summed E-state index contributed by atoms with van der Waals surface area (Å²) in [6.45, 7) is 8.46. The van der Waals surface area contributed by atoms with Crippen LogP contribution >= 0.6 is 0 Å². The SMILES string of the molecule is COc1ccc(C(N)c2c(C)cc(C)cc2C)c(C)c1. The van der Waals surface area contributed by atoms with E-state index in [0.29, 0.717) is 0 Å². The summed E-state index contributed by atoms with van der Waals surface area (Å²) in [4.78, 5) is 0. The molecule has 2 aromatic rings. The molecule has 0 aliphatic rings. The van der Waals surface area contributed by atoms with Gasteiger partial charge < -0.3 is 10.5 Å². The van der Waals surface area contributed by atoms with E-state index < -0.39 is 0 Å². The van der Waals surface area contributed by atoms with Crippen molar-refractivity contribution in [2.45, 2.75) is 33.7 Å². The van der Waals surface area contributed by atoms with Crippen LogP contribution in [0.2, 0.25) is 0 Å². The number of rotatable bonds is 3. The fraction of sp³-hybridized carbons (Fsp3) is 0.333. The van der Waals surface area contributed by atoms with E-state index in [1.807, 2.05) is 12.1 Å². The first kappa shape index (κ1) is 14.6. The molecule has 2 rings (SSSR count). The van der Waals surface area contributed by atoms with Gasteiger partial charge in [-0.25, -0.2) is 0 Å². The number of ether oxygens (including phenoxy) is 1. The van der Waals surface area contributed by atoms with E-state index in [1.54, 1.807) is 7.11 Å². The van der Waals surface area contributed by atoms with Crippen molar-refractivity contribution in [1.82, 2.24) is 0 Å². The van der Waals surface area contributed by atoms with Crippen molar-refractivity contribution in [2.24, 2.45) is 5.73 Å². The Labute approximate surface area is 121 Å². The van der Waals surface area contributed by atoms with Gasteiger partial charge in [-0.3, -0.25) is 0 Å². The molecule has 0 spiro atoms. The van der Waals surface area contributed by atoms with Crippen LogP contribution in [0.25, 0.3) is 0 Å². The van der Waals surface area contributed by atoms with Gasteiger partial charge in [0, 0.05) is 0 Å². The Morgan fingerprint density at radius 1 is 0.900 bits per heavy atom. The second-order valence-corrected chi connectivity index (χ2v) is 5.51. The number of nitrogens with two attached hydrogens (primary N) is 1. The summed E-state index contributed by atoms with van der Waals surface area (Å²) in [7, 11) is 1.68. The van der Waals surface area contributed by atoms with Crippen LogP contribution in [0.5, 0.6) is 5.75 Å². The highest BCUT2D eigenvalue weighted by molar-refractivity contribution is 5.47. The lowest BCUT2D eigenvalue weighted by Crippen LogP contribution is -2.16. The average Bonchev–Trinajstić information content (AvgIpc) is 2.37. The number of aryl methyl sites for hydroxylation is 4. The normalized spacial score (nSPS) is 12.3. The molecule has 0 radical (unpaired) electrons. The van der Waals surface area contributed by atoms with E-state index in [2.05, 4.69) is 45.9 Å². The summed E-state index contributed by atoms with van der Waals surface area (Å²) in [6.07, 6.45) is 0. The second-order valence-electron chi connectivity index (χ2n) is 5.51. The van der Waals surface area contributed by atoms with Crippen molar-refractivity contribution < 1.29 is 4.74 Å². The third-order valence-corrected chi connectivity index (χ3v) is 3.86. The molecule has 0 heterocycles. The third-order valence-electron chi connectivity index (χ3n) is 3.86. The Kier molecular flexibility index (Phi) is 4.15. The largest absolute Gasteiger partial charge is 0.497 e. The predicted octanol–water partition coefficient (Wildman–Crippen LogP) is 3.98. The van der Waals surface area contributed by atoms with Crippen LogP contribution in [0.3, 0.4) is 0 Å². The fourth-order valence-electron chi connectivity index (χ4n) is 2.96. The number of methoxy groups -OCH3 is 1. The molecule has 0 saturated carbocycles. The fourth-order valence-corrected chi connectivity index (χ4v) is 2.96. The standard InChI is InChI=1S/C18H23NO/c1-11-8-13(3)17(14(4)9-11)18(19)16-7-6-15(20-5)10-12(16)2/h6-10,18H,19H2,1-5H3. The summed E-state index contributed by atoms with van der Waals surface area (Å²) < 4.78 is 5.26. The maximum Gasteiger partial charge on any atom is 0.119 e. The molecule has 0 fully saturated rings. The van der Waals surface area contributed by atoms with Crippen LogP contribution in [0, 0.1) is 27.7 Å². The lowest BCUT2D eigenvalue weighted by atomic mass is 9.89. The van der Waals surface area contributed by atoms with Crippen LogP contribution in [-0.4, -0.2) is 7.11 Å². The highest BCUT2D eigenvalue weighted by atomic mass is 16.5. The summed E-state index contributed by atoms with van der Waals surface area (Å²) in [5.74, 6) is 0.871. The average molecular weight is 269 g/mol. The third kappa shape index (κ3) is 2.70. The molecule has 0 aliphatic carbocycles. The Bertz CT molecular complexity index is 608. The molecule has 2 N–H and O–H groups in total. The minimum absolute atomic E-state index is 0.0958. The minimum atomic E-state index is -0.0958. The lowest BCUT2D eigenvalue weighted by molar-refractivity contribution is 0.414. The van der Waals surface area contributed by atoms with E-state index >= 15 is 0 Å². The van der Waals surface area contributed by atoms with Gasteiger partial charge in [-0.05, 0) is 67.6 Å². The van der Waals surface area contributed by atoms with Crippen LogP contribution in [0.15, 0.2) is 30.3 Å². The van der Waals surface area contributed by atoms with Gasteiger partial charge in [0.25, 0.3) is 0 Å². The Hall–Kier alpha value is -1.80. The Morgan fingerprint density at radius 3 is 2.00 bits per heavy atom. The van der Waals surface area contributed by atoms with Crippen LogP contribution in [0.1, 0.15) is 39.4 Å². The van der Waals surface area contributed by atoms with Crippen LogP contribution in [-0.2, 0) is 0 Å². The molecule has 1 atom stereocenters. The summed E-state index contributed by atoms with van der Waals surface area (Å²) >= 11 is 0. The monoisotopic (exact) mass is 269 g/mol. The molecule has 1 unspecified atom stereocenters. The molecule has 0 aliphatic heterocycles. The molecule has 0 aromatic heterocycles. The number of hydrogen-bond acceptors (Lipinski definition) is 2. The van der Waals surface area contributed by atoms with Gasteiger partial charge in [0.05, 0.1) is 13.2 Å². The number of hydrogen-bond donors (Lipinski definition) is 1. The van der Waals surface area contributed by atoms with Crippen molar-refractivity contribution in [1.29, 1.82) is 0 Å². The summed E-state index contributed by atoms with van der Waals surface area (Å²) in [6, 6.07) is 10.4. The van der Waals surface area contributed by atoms with E-state index in [0.717, 1.165) is 16.9 Å². The molecule has 0 bridgehead atoms. The zero-order valence-electron chi connectivity index (χ0n) is 12.9. The Morgan fingerprint density at radius 2 is 1.50 bits per heavy atom. The van der Waals surface area contributed by atoms with E-state index in [9.17, 15) is 0 Å². The van der Waals surface area contributed by atoms with Crippen molar-refractivity contribution in [3.63, 3.8) is 0 Å². The highest BCUT2D eigenvalue weighted by Crippen LogP contribution is 2.30. The van der Waals surface area contributed by atoms with E-state index in [-0.39, 0.29) is 6.04 Å². The van der Waals surface area contributed by atoms with E-state index in [4.69, 9.17) is 10.5 Å². The summed E-state index contributed by atoms with van der Waals surface area (Å²) in [5.41, 5.74) is 13.9. The van der Waals surface area contributed by atoms with Crippen molar-refractivity contribution in [2.75, 3.05) is 7.11 Å². The highest BCUT2D eigenvalue weighted by Gasteiger charge is 2.16. The predicted molar refractivity (Wildman–Crippen MR) is 84.4 cm³/mol. The Balaban J connectivity index is 2.49. The van der Waals surface area contributed by atoms with Crippen molar-refractivity contribution in [3.05, 3.63) is 63.7 Å². The topological polar surface area (TPSA) is 35.2 Å². The van der Waals surface area contributed by atoms with Gasteiger partial charge >= 0.3 is 0 Å². The minimum Gasteiger partial charge on any atom is -0.497 e. The lowest BCUT2D eigenvalue weighted by Gasteiger charge is -2.21. The maximum absolute atomic E-state index is 6.52. The molecular formula is C18H23NO. The quantitative estimate of drug-likeness (QED) is 0.914. The second kappa shape index (κ2) is 5.68. The zero-order valence-corrected chi connectivity index (χ0v) is 12.9. The van der Waals surface area contributed by atoms with Gasteiger partial charge in [0.1, 0.15) is 5.75 Å². The van der Waals surface area contributed by atoms with Crippen LogP contribution < -0.4 is 10.5 Å². The first-order valence-corrected chi connectivity index (χ1v) is 6.92. The molecule has 0 saturated heterocycles. The van der Waals surface area contributed by atoms with Gasteiger partial charge in [-0.15, -0.1) is 0 Å². The first-order chi connectivity index (χ1) is 9.43. The van der Waals surface area contributed by atoms with Gasteiger partial charge in [-0.2, -0.15) is 0 Å². The van der Waals surface area contributed by atoms with E-state index in [1.165, 1.54) is 22.3 Å². The van der Waals surface area contributed by atoms with Crippen molar-refractivity contribution in [3.8, 4) is 5.75 Å². The smallest absolute Gasteiger partial charge is 0.119 e. The molecule has 0 amide bonds. The van der Waals surface area contributed by atoms with Gasteiger partial charge in [0.15, 0.2) is 0 Å². The molecule has 106 valence electrons. The molecule has 20 heavy (non-hydrogen) atoms. The van der Waals surface area contributed by atoms with Gasteiger partial charge in [0.2, 0.25) is 0 Å². The number of benzene rings is 2.